The molecular weight excluding hydrogens is 248 g/mol. The Balaban J connectivity index is 1.74. The molecule has 7 nitrogen and oxygen atoms in total. The van der Waals surface area contributed by atoms with E-state index < -0.39 is 5.91 Å². The van der Waals surface area contributed by atoms with Gasteiger partial charge in [-0.05, 0) is 17.7 Å². The lowest BCUT2D eigenvalue weighted by Gasteiger charge is -2.00. The molecule has 7 heteroatoms. The van der Waals surface area contributed by atoms with E-state index in [1.807, 2.05) is 18.2 Å². The van der Waals surface area contributed by atoms with Gasteiger partial charge in [0.15, 0.2) is 17.3 Å². The van der Waals surface area contributed by atoms with Crippen LogP contribution in [0.3, 0.4) is 0 Å². The molecule has 1 aliphatic heterocycles. The first-order chi connectivity index (χ1) is 9.20. The van der Waals surface area contributed by atoms with Gasteiger partial charge in [0.1, 0.15) is 5.82 Å². The highest BCUT2D eigenvalue weighted by Crippen LogP contribution is 2.32. The topological polar surface area (TPSA) is 103 Å². The first kappa shape index (κ1) is 11.5. The normalized spacial score (nSPS) is 12.6. The molecule has 0 bridgehead atoms. The van der Waals surface area contributed by atoms with Gasteiger partial charge in [0.05, 0.1) is 6.42 Å². The monoisotopic (exact) mass is 260 g/mol. The molecule has 0 fully saturated rings. The maximum absolute atomic E-state index is 10.8. The van der Waals surface area contributed by atoms with Gasteiger partial charge in [-0.25, -0.2) is 4.98 Å². The fourth-order valence-corrected chi connectivity index (χ4v) is 1.89. The number of benzene rings is 1. The number of nitrogens with two attached hydrogens (primary N) is 1. The van der Waals surface area contributed by atoms with Crippen LogP contribution in [0.1, 0.15) is 17.2 Å². The molecule has 0 spiro atoms. The van der Waals surface area contributed by atoms with Crippen molar-refractivity contribution in [3.8, 4) is 11.5 Å². The summed E-state index contributed by atoms with van der Waals surface area (Å²) in [5.74, 6) is 2.11. The fraction of sp³-hybridized carbons (Fsp3) is 0.250. The smallest absolute Gasteiger partial charge is 0.231 e. The number of carbonyl (C=O) groups excluding carboxylic acids is 1. The molecule has 1 amide bonds. The third-order valence-electron chi connectivity index (χ3n) is 2.72. The van der Waals surface area contributed by atoms with Crippen LogP contribution in [0.2, 0.25) is 0 Å². The zero-order chi connectivity index (χ0) is 13.2. The Morgan fingerprint density at radius 1 is 1.37 bits per heavy atom. The third-order valence-corrected chi connectivity index (χ3v) is 2.72. The van der Waals surface area contributed by atoms with Crippen molar-refractivity contribution in [1.82, 2.24) is 15.2 Å². The Bertz CT molecular complexity index is 623. The second-order valence-electron chi connectivity index (χ2n) is 4.21. The second-order valence-corrected chi connectivity index (χ2v) is 4.21. The highest BCUT2D eigenvalue weighted by Gasteiger charge is 2.14. The van der Waals surface area contributed by atoms with Crippen LogP contribution in [-0.2, 0) is 17.6 Å². The maximum atomic E-state index is 10.8. The van der Waals surface area contributed by atoms with Gasteiger partial charge >= 0.3 is 0 Å². The number of H-pyrrole nitrogens is 1. The van der Waals surface area contributed by atoms with Crippen molar-refractivity contribution in [2.75, 3.05) is 6.79 Å². The molecule has 19 heavy (non-hydrogen) atoms. The highest BCUT2D eigenvalue weighted by atomic mass is 16.7. The summed E-state index contributed by atoms with van der Waals surface area (Å²) in [6.07, 6.45) is 0.611. The summed E-state index contributed by atoms with van der Waals surface area (Å²) >= 11 is 0. The van der Waals surface area contributed by atoms with Crippen LogP contribution in [0.25, 0.3) is 0 Å². The van der Waals surface area contributed by atoms with Crippen molar-refractivity contribution in [2.45, 2.75) is 12.8 Å². The van der Waals surface area contributed by atoms with Crippen molar-refractivity contribution in [2.24, 2.45) is 5.73 Å². The number of nitrogens with one attached hydrogen (secondary N) is 1. The number of aromatic nitrogens is 3. The molecule has 0 saturated carbocycles. The highest BCUT2D eigenvalue weighted by molar-refractivity contribution is 5.75. The van der Waals surface area contributed by atoms with Gasteiger partial charge < -0.3 is 15.2 Å². The predicted octanol–water partition coefficient (Wildman–Crippen LogP) is 0.152. The first-order valence-electron chi connectivity index (χ1n) is 5.78. The summed E-state index contributed by atoms with van der Waals surface area (Å²) in [5.41, 5.74) is 6.10. The summed E-state index contributed by atoms with van der Waals surface area (Å²) in [6.45, 7) is 0.254. The van der Waals surface area contributed by atoms with Crippen LogP contribution in [0.15, 0.2) is 18.2 Å². The molecule has 1 aromatic carbocycles. The minimum Gasteiger partial charge on any atom is -0.454 e. The lowest BCUT2D eigenvalue weighted by Crippen LogP contribution is -2.14. The summed E-state index contributed by atoms with van der Waals surface area (Å²) in [7, 11) is 0. The molecule has 0 aliphatic carbocycles. The van der Waals surface area contributed by atoms with Crippen molar-refractivity contribution in [1.29, 1.82) is 0 Å². The summed E-state index contributed by atoms with van der Waals surface area (Å²) in [4.78, 5) is 15.0. The molecule has 1 aliphatic rings. The number of hydrogen-bond acceptors (Lipinski definition) is 5. The maximum Gasteiger partial charge on any atom is 0.231 e. The number of carbonyl (C=O) groups is 1. The summed E-state index contributed by atoms with van der Waals surface area (Å²) in [5, 5.41) is 6.72. The quantitative estimate of drug-likeness (QED) is 0.814. The fourth-order valence-electron chi connectivity index (χ4n) is 1.89. The number of nitrogens with zero attached hydrogens (tertiary/aromatic N) is 2. The van der Waals surface area contributed by atoms with Crippen LogP contribution >= 0.6 is 0 Å². The molecule has 2 aromatic rings. The van der Waals surface area contributed by atoms with E-state index >= 15 is 0 Å². The Kier molecular flexibility index (Phi) is 2.79. The molecule has 0 atom stereocenters. The van der Waals surface area contributed by atoms with Crippen LogP contribution in [0.5, 0.6) is 11.5 Å². The minimum absolute atomic E-state index is 0.0393. The van der Waals surface area contributed by atoms with Gasteiger partial charge in [-0.1, -0.05) is 6.07 Å². The van der Waals surface area contributed by atoms with Crippen LogP contribution in [0, 0.1) is 0 Å². The first-order valence-corrected chi connectivity index (χ1v) is 5.78. The molecule has 0 saturated heterocycles. The van der Waals surface area contributed by atoms with E-state index in [9.17, 15) is 4.79 Å². The largest absolute Gasteiger partial charge is 0.454 e. The Morgan fingerprint density at radius 2 is 2.21 bits per heavy atom. The number of rotatable bonds is 4. The number of hydrogen-bond donors (Lipinski definition) is 2. The molecule has 0 unspecified atom stereocenters. The number of fused-ring (bicyclic) bond motifs is 1. The molecule has 2 heterocycles. The predicted molar refractivity (Wildman–Crippen MR) is 64.7 cm³/mol. The molecular formula is C12H12N4O3. The van der Waals surface area contributed by atoms with Gasteiger partial charge in [-0.15, -0.1) is 0 Å². The Hall–Kier alpha value is -2.57. The molecule has 3 N–H and O–H groups in total. The zero-order valence-corrected chi connectivity index (χ0v) is 10.0. The minimum atomic E-state index is -0.450. The Labute approximate surface area is 108 Å². The van der Waals surface area contributed by atoms with Gasteiger partial charge in [-0.2, -0.15) is 5.10 Å². The summed E-state index contributed by atoms with van der Waals surface area (Å²) in [6, 6.07) is 5.70. The SMILES string of the molecule is NC(=O)Cc1n[nH]c(Cc2ccc3c(c2)OCO3)n1. The lowest BCUT2D eigenvalue weighted by atomic mass is 10.1. The molecule has 3 rings (SSSR count). The van der Waals surface area contributed by atoms with Gasteiger partial charge in [0.25, 0.3) is 0 Å². The Morgan fingerprint density at radius 3 is 3.05 bits per heavy atom. The van der Waals surface area contributed by atoms with Crippen LogP contribution in [-0.4, -0.2) is 27.9 Å². The van der Waals surface area contributed by atoms with Crippen molar-refractivity contribution >= 4 is 5.91 Å². The number of aromatic amines is 1. The van der Waals surface area contributed by atoms with E-state index in [1.54, 1.807) is 0 Å². The second kappa shape index (κ2) is 4.60. The summed E-state index contributed by atoms with van der Waals surface area (Å²) < 4.78 is 10.5. The molecule has 0 radical (unpaired) electrons. The average Bonchev–Trinajstić information content (AvgIpc) is 2.97. The van der Waals surface area contributed by atoms with E-state index in [2.05, 4.69) is 15.2 Å². The van der Waals surface area contributed by atoms with Crippen molar-refractivity contribution in [3.05, 3.63) is 35.4 Å². The lowest BCUT2D eigenvalue weighted by molar-refractivity contribution is -0.117. The van der Waals surface area contributed by atoms with E-state index in [4.69, 9.17) is 15.2 Å². The number of primary amides is 1. The van der Waals surface area contributed by atoms with E-state index in [0.717, 1.165) is 17.1 Å². The standard InChI is InChI=1S/C12H12N4O3/c13-10(17)5-12-14-11(15-16-12)4-7-1-2-8-9(3-7)19-6-18-8/h1-3H,4-6H2,(H2,13,17)(H,14,15,16). The molecule has 1 aromatic heterocycles. The van der Waals surface area contributed by atoms with E-state index in [0.29, 0.717) is 18.1 Å². The van der Waals surface area contributed by atoms with Crippen LogP contribution in [0.4, 0.5) is 0 Å². The van der Waals surface area contributed by atoms with Crippen molar-refractivity contribution < 1.29 is 14.3 Å². The average molecular weight is 260 g/mol. The molecule has 98 valence electrons. The number of amides is 1. The zero-order valence-electron chi connectivity index (χ0n) is 10.0. The van der Waals surface area contributed by atoms with Gasteiger partial charge in [0, 0.05) is 6.42 Å². The van der Waals surface area contributed by atoms with Crippen LogP contribution < -0.4 is 15.2 Å². The van der Waals surface area contributed by atoms with Gasteiger partial charge in [0.2, 0.25) is 12.7 Å². The number of ether oxygens (including phenoxy) is 2. The van der Waals surface area contributed by atoms with E-state index in [-0.39, 0.29) is 13.2 Å². The van der Waals surface area contributed by atoms with Crippen molar-refractivity contribution in [3.63, 3.8) is 0 Å². The van der Waals surface area contributed by atoms with Gasteiger partial charge in [-0.3, -0.25) is 9.89 Å². The third kappa shape index (κ3) is 2.49. The van der Waals surface area contributed by atoms with E-state index in [1.165, 1.54) is 0 Å².